The summed E-state index contributed by atoms with van der Waals surface area (Å²) in [5, 5.41) is 3.17. The van der Waals surface area contributed by atoms with Crippen LogP contribution in [0.1, 0.15) is 66.2 Å². The lowest BCUT2D eigenvalue weighted by Gasteiger charge is -2.19. The van der Waals surface area contributed by atoms with E-state index >= 15 is 0 Å². The van der Waals surface area contributed by atoms with Crippen LogP contribution in [0.2, 0.25) is 0 Å². The van der Waals surface area contributed by atoms with Crippen LogP contribution in [0.25, 0.3) is 0 Å². The molecule has 3 rings (SSSR count). The molecular formula is C26H28BrNO2. The Balaban J connectivity index is 1.67. The van der Waals surface area contributed by atoms with Crippen molar-refractivity contribution in [3.05, 3.63) is 99.5 Å². The number of hydrogen-bond acceptors (Lipinski definition) is 2. The molecule has 1 amide bonds. The second-order valence-electron chi connectivity index (χ2n) is 7.68. The van der Waals surface area contributed by atoms with Gasteiger partial charge in [-0.25, -0.2) is 0 Å². The molecule has 156 valence electrons. The second kappa shape index (κ2) is 10.4. The van der Waals surface area contributed by atoms with E-state index in [-0.39, 0.29) is 11.9 Å². The highest BCUT2D eigenvalue weighted by Gasteiger charge is 2.15. The molecule has 1 atom stereocenters. The lowest BCUT2D eigenvalue weighted by atomic mass is 9.98. The van der Waals surface area contributed by atoms with Gasteiger partial charge in [0.1, 0.15) is 12.4 Å². The Morgan fingerprint density at radius 3 is 2.33 bits per heavy atom. The normalized spacial score (nSPS) is 11.9. The van der Waals surface area contributed by atoms with E-state index in [0.717, 1.165) is 27.8 Å². The number of carbonyl (C=O) groups excluding carboxylic acids is 1. The molecule has 0 heterocycles. The van der Waals surface area contributed by atoms with E-state index in [4.69, 9.17) is 4.74 Å². The van der Waals surface area contributed by atoms with Crippen LogP contribution < -0.4 is 10.1 Å². The van der Waals surface area contributed by atoms with Crippen molar-refractivity contribution in [2.75, 3.05) is 0 Å². The van der Waals surface area contributed by atoms with Crippen LogP contribution in [0, 0.1) is 0 Å². The molecule has 0 unspecified atom stereocenters. The number of benzene rings is 3. The molecule has 4 heteroatoms. The summed E-state index contributed by atoms with van der Waals surface area (Å²) < 4.78 is 6.79. The van der Waals surface area contributed by atoms with E-state index in [9.17, 15) is 4.79 Å². The first-order valence-corrected chi connectivity index (χ1v) is 11.1. The number of rotatable bonds is 8. The number of nitrogens with one attached hydrogen (secondary N) is 1. The van der Waals surface area contributed by atoms with Crippen molar-refractivity contribution >= 4 is 21.8 Å². The number of halogens is 1. The Hall–Kier alpha value is -2.59. The Kier molecular flexibility index (Phi) is 7.69. The molecule has 0 spiro atoms. The predicted molar refractivity (Wildman–Crippen MR) is 126 cm³/mol. The fourth-order valence-electron chi connectivity index (χ4n) is 3.30. The van der Waals surface area contributed by atoms with Crippen molar-refractivity contribution in [3.63, 3.8) is 0 Å². The minimum absolute atomic E-state index is 0.0149. The molecule has 3 aromatic rings. The molecule has 3 nitrogen and oxygen atoms in total. The third-order valence-electron chi connectivity index (χ3n) is 5.14. The van der Waals surface area contributed by atoms with Gasteiger partial charge in [-0.15, -0.1) is 0 Å². The fourth-order valence-corrected chi connectivity index (χ4v) is 3.70. The van der Waals surface area contributed by atoms with Crippen LogP contribution in [0.3, 0.4) is 0 Å². The lowest BCUT2D eigenvalue weighted by Crippen LogP contribution is -2.28. The molecule has 3 aromatic carbocycles. The van der Waals surface area contributed by atoms with Crippen LogP contribution in [0.5, 0.6) is 5.75 Å². The zero-order chi connectivity index (χ0) is 21.5. The van der Waals surface area contributed by atoms with Gasteiger partial charge in [-0.1, -0.05) is 69.3 Å². The van der Waals surface area contributed by atoms with Crippen molar-refractivity contribution in [3.8, 4) is 5.75 Å². The topological polar surface area (TPSA) is 38.3 Å². The Bertz CT molecular complexity index is 982. The van der Waals surface area contributed by atoms with Gasteiger partial charge in [-0.05, 0) is 69.2 Å². The smallest absolute Gasteiger partial charge is 0.251 e. The van der Waals surface area contributed by atoms with Gasteiger partial charge >= 0.3 is 0 Å². The summed E-state index contributed by atoms with van der Waals surface area (Å²) in [7, 11) is 0. The van der Waals surface area contributed by atoms with Gasteiger partial charge in [0.05, 0.1) is 10.5 Å². The summed E-state index contributed by atoms with van der Waals surface area (Å²) in [6.07, 6.45) is 0.831. The van der Waals surface area contributed by atoms with Crippen LogP contribution in [-0.4, -0.2) is 5.91 Å². The van der Waals surface area contributed by atoms with Crippen LogP contribution in [0.4, 0.5) is 0 Å². The molecule has 0 radical (unpaired) electrons. The Morgan fingerprint density at radius 2 is 1.67 bits per heavy atom. The van der Waals surface area contributed by atoms with E-state index < -0.39 is 0 Å². The first kappa shape index (κ1) is 22.1. The molecule has 0 bridgehead atoms. The molecule has 0 aliphatic heterocycles. The highest BCUT2D eigenvalue weighted by atomic mass is 79.9. The molecule has 1 N–H and O–H groups in total. The summed E-state index contributed by atoms with van der Waals surface area (Å²) in [5.41, 5.74) is 4.02. The molecule has 30 heavy (non-hydrogen) atoms. The van der Waals surface area contributed by atoms with Crippen molar-refractivity contribution in [2.24, 2.45) is 0 Å². The average Bonchev–Trinajstić information content (AvgIpc) is 2.77. The quantitative estimate of drug-likeness (QED) is 0.387. The summed E-state index contributed by atoms with van der Waals surface area (Å²) in [6.45, 7) is 6.85. The van der Waals surface area contributed by atoms with Gasteiger partial charge in [0.15, 0.2) is 0 Å². The van der Waals surface area contributed by atoms with E-state index in [0.29, 0.717) is 18.1 Å². The van der Waals surface area contributed by atoms with Crippen molar-refractivity contribution in [1.82, 2.24) is 5.32 Å². The fraction of sp³-hybridized carbons (Fsp3) is 0.269. The molecule has 0 fully saturated rings. The standard InChI is InChI=1S/C26H28BrNO2/c1-4-24(21-14-12-20(13-15-21)18(2)3)28-26(29)22-9-7-8-19(16-22)17-30-25-11-6-5-10-23(25)27/h5-16,18,24H,4,17H2,1-3H3,(H,28,29)/t24-/m1/s1. The third-order valence-corrected chi connectivity index (χ3v) is 5.79. The Morgan fingerprint density at radius 1 is 0.967 bits per heavy atom. The maximum atomic E-state index is 12.9. The first-order chi connectivity index (χ1) is 14.5. The highest BCUT2D eigenvalue weighted by molar-refractivity contribution is 9.10. The molecule has 0 aliphatic carbocycles. The zero-order valence-corrected chi connectivity index (χ0v) is 19.3. The minimum atomic E-state index is -0.0717. The number of ether oxygens (including phenoxy) is 1. The maximum absolute atomic E-state index is 12.9. The SMILES string of the molecule is CC[C@@H](NC(=O)c1cccc(COc2ccccc2Br)c1)c1ccc(C(C)C)cc1. The summed E-state index contributed by atoms with van der Waals surface area (Å²) in [4.78, 5) is 12.9. The minimum Gasteiger partial charge on any atom is -0.488 e. The first-order valence-electron chi connectivity index (χ1n) is 10.3. The molecule has 0 aliphatic rings. The van der Waals surface area contributed by atoms with Crippen LogP contribution in [0.15, 0.2) is 77.3 Å². The van der Waals surface area contributed by atoms with Crippen LogP contribution >= 0.6 is 15.9 Å². The zero-order valence-electron chi connectivity index (χ0n) is 17.7. The summed E-state index contributed by atoms with van der Waals surface area (Å²) >= 11 is 3.49. The molecule has 0 saturated heterocycles. The molecule has 0 saturated carbocycles. The van der Waals surface area contributed by atoms with E-state index in [1.807, 2.05) is 48.5 Å². The van der Waals surface area contributed by atoms with Gasteiger partial charge in [0.2, 0.25) is 0 Å². The van der Waals surface area contributed by atoms with Gasteiger partial charge in [0, 0.05) is 5.56 Å². The monoisotopic (exact) mass is 465 g/mol. The van der Waals surface area contributed by atoms with Gasteiger partial charge in [0.25, 0.3) is 5.91 Å². The largest absolute Gasteiger partial charge is 0.488 e. The average molecular weight is 466 g/mol. The number of para-hydroxylation sites is 1. The third kappa shape index (κ3) is 5.73. The molecule has 0 aromatic heterocycles. The van der Waals surface area contributed by atoms with Gasteiger partial charge < -0.3 is 10.1 Å². The highest BCUT2D eigenvalue weighted by Crippen LogP contribution is 2.25. The van der Waals surface area contributed by atoms with Gasteiger partial charge in [-0.2, -0.15) is 0 Å². The molecular weight excluding hydrogens is 438 g/mol. The Labute approximate surface area is 187 Å². The van der Waals surface area contributed by atoms with Crippen molar-refractivity contribution < 1.29 is 9.53 Å². The van der Waals surface area contributed by atoms with Crippen LogP contribution in [-0.2, 0) is 6.61 Å². The number of amides is 1. The van der Waals surface area contributed by atoms with Crippen molar-refractivity contribution in [2.45, 2.75) is 45.8 Å². The van der Waals surface area contributed by atoms with E-state index in [1.165, 1.54) is 5.56 Å². The number of hydrogen-bond donors (Lipinski definition) is 1. The predicted octanol–water partition coefficient (Wildman–Crippen LogP) is 7.03. The maximum Gasteiger partial charge on any atom is 0.251 e. The van der Waals surface area contributed by atoms with Gasteiger partial charge in [-0.3, -0.25) is 4.79 Å². The van der Waals surface area contributed by atoms with E-state index in [2.05, 4.69) is 66.3 Å². The van der Waals surface area contributed by atoms with Crippen molar-refractivity contribution in [1.29, 1.82) is 0 Å². The summed E-state index contributed by atoms with van der Waals surface area (Å²) in [5.74, 6) is 1.20. The summed E-state index contributed by atoms with van der Waals surface area (Å²) in [6, 6.07) is 23.8. The second-order valence-corrected chi connectivity index (χ2v) is 8.53. The number of carbonyl (C=O) groups is 1. The lowest BCUT2D eigenvalue weighted by molar-refractivity contribution is 0.0935. The van der Waals surface area contributed by atoms with E-state index in [1.54, 1.807) is 0 Å².